The number of pyridine rings is 1. The Morgan fingerprint density at radius 3 is 2.56 bits per heavy atom. The number of thiocarbonyl (C=S) groups is 1. The molecule has 2 unspecified atom stereocenters. The van der Waals surface area contributed by atoms with Crippen molar-refractivity contribution in [1.29, 1.82) is 0 Å². The van der Waals surface area contributed by atoms with Crippen LogP contribution in [0.3, 0.4) is 0 Å². The lowest BCUT2D eigenvalue weighted by Gasteiger charge is -2.28. The first-order chi connectivity index (χ1) is 15.2. The van der Waals surface area contributed by atoms with Gasteiger partial charge in [-0.25, -0.2) is 8.42 Å². The van der Waals surface area contributed by atoms with E-state index in [1.807, 2.05) is 43.0 Å². The van der Waals surface area contributed by atoms with Crippen LogP contribution < -0.4 is 19.7 Å². The molecule has 3 aromatic rings. The van der Waals surface area contributed by atoms with Gasteiger partial charge in [-0.2, -0.15) is 0 Å². The Morgan fingerprint density at radius 2 is 1.97 bits per heavy atom. The molecule has 2 aromatic heterocycles. The molecule has 4 rings (SSSR count). The van der Waals surface area contributed by atoms with Crippen LogP contribution in [-0.2, 0) is 10.0 Å². The lowest BCUT2D eigenvalue weighted by atomic mass is 9.96. The van der Waals surface area contributed by atoms with Gasteiger partial charge in [-0.1, -0.05) is 6.07 Å². The first-order valence-electron chi connectivity index (χ1n) is 10.0. The van der Waals surface area contributed by atoms with Crippen molar-refractivity contribution in [1.82, 2.24) is 15.3 Å². The second-order valence-electron chi connectivity index (χ2n) is 7.79. The van der Waals surface area contributed by atoms with Crippen LogP contribution in [0.4, 0.5) is 11.4 Å². The summed E-state index contributed by atoms with van der Waals surface area (Å²) in [5.41, 5.74) is 5.22. The molecule has 1 aliphatic heterocycles. The smallest absolute Gasteiger partial charge is 0.229 e. The summed E-state index contributed by atoms with van der Waals surface area (Å²) < 4.78 is 31.4. The molecule has 0 radical (unpaired) electrons. The van der Waals surface area contributed by atoms with Crippen molar-refractivity contribution in [3.8, 4) is 5.75 Å². The van der Waals surface area contributed by atoms with Crippen LogP contribution in [0.5, 0.6) is 5.75 Å². The minimum absolute atomic E-state index is 0.166. The van der Waals surface area contributed by atoms with E-state index in [1.165, 1.54) is 7.11 Å². The van der Waals surface area contributed by atoms with E-state index in [4.69, 9.17) is 17.0 Å². The highest BCUT2D eigenvalue weighted by Gasteiger charge is 2.42. The lowest BCUT2D eigenvalue weighted by Crippen LogP contribution is -2.29. The third-order valence-electron chi connectivity index (χ3n) is 5.37. The van der Waals surface area contributed by atoms with Crippen molar-refractivity contribution in [2.24, 2.45) is 0 Å². The van der Waals surface area contributed by atoms with Crippen molar-refractivity contribution >= 4 is 38.7 Å². The van der Waals surface area contributed by atoms with Crippen LogP contribution in [0.2, 0.25) is 0 Å². The summed E-state index contributed by atoms with van der Waals surface area (Å²) in [7, 11) is -1.95. The summed E-state index contributed by atoms with van der Waals surface area (Å²) in [6.45, 7) is 4.06. The number of anilines is 2. The zero-order valence-corrected chi connectivity index (χ0v) is 19.8. The summed E-state index contributed by atoms with van der Waals surface area (Å²) in [5, 5.41) is 3.97. The first kappa shape index (κ1) is 22.1. The van der Waals surface area contributed by atoms with Crippen LogP contribution in [-0.4, -0.2) is 36.9 Å². The van der Waals surface area contributed by atoms with Crippen LogP contribution in [0, 0.1) is 13.8 Å². The molecule has 0 aliphatic carbocycles. The molecular weight excluding hydrogens is 446 g/mol. The number of nitrogens with one attached hydrogen (secondary N) is 3. The van der Waals surface area contributed by atoms with Gasteiger partial charge >= 0.3 is 0 Å². The molecule has 3 N–H and O–H groups in total. The van der Waals surface area contributed by atoms with Gasteiger partial charge in [-0.3, -0.25) is 9.71 Å². The molecule has 0 amide bonds. The van der Waals surface area contributed by atoms with E-state index in [-0.39, 0.29) is 12.1 Å². The molecule has 3 heterocycles. The molecule has 10 heteroatoms. The fourth-order valence-corrected chi connectivity index (χ4v) is 5.03. The summed E-state index contributed by atoms with van der Waals surface area (Å²) in [6, 6.07) is 12.9. The molecule has 1 aliphatic rings. The van der Waals surface area contributed by atoms with Gasteiger partial charge in [0.1, 0.15) is 5.75 Å². The van der Waals surface area contributed by atoms with Gasteiger partial charge in [-0.05, 0) is 62.0 Å². The maximum Gasteiger partial charge on any atom is 0.229 e. The van der Waals surface area contributed by atoms with Gasteiger partial charge in [0.2, 0.25) is 10.0 Å². The van der Waals surface area contributed by atoms with Crippen LogP contribution >= 0.6 is 12.2 Å². The van der Waals surface area contributed by atoms with E-state index in [2.05, 4.69) is 26.1 Å². The second kappa shape index (κ2) is 8.44. The zero-order valence-electron chi connectivity index (χ0n) is 18.2. The minimum atomic E-state index is -3.45. The van der Waals surface area contributed by atoms with Crippen molar-refractivity contribution in [3.63, 3.8) is 0 Å². The molecule has 32 heavy (non-hydrogen) atoms. The van der Waals surface area contributed by atoms with Crippen LogP contribution in [0.1, 0.15) is 34.7 Å². The fraction of sp³-hybridized carbons (Fsp3) is 0.273. The number of hydrogen-bond donors (Lipinski definition) is 3. The Balaban J connectivity index is 1.83. The normalized spacial score (nSPS) is 18.5. The molecule has 1 aromatic carbocycles. The maximum absolute atomic E-state index is 11.7. The minimum Gasteiger partial charge on any atom is -0.494 e. The highest BCUT2D eigenvalue weighted by Crippen LogP contribution is 2.44. The van der Waals surface area contributed by atoms with E-state index in [9.17, 15) is 8.42 Å². The van der Waals surface area contributed by atoms with E-state index in [1.54, 1.807) is 18.3 Å². The van der Waals surface area contributed by atoms with Crippen molar-refractivity contribution in [2.45, 2.75) is 25.9 Å². The Morgan fingerprint density at radius 1 is 1.19 bits per heavy atom. The Bertz CT molecular complexity index is 1260. The summed E-state index contributed by atoms with van der Waals surface area (Å²) in [6.07, 6.45) is 2.87. The predicted octanol–water partition coefficient (Wildman–Crippen LogP) is 3.58. The number of benzene rings is 1. The SMILES string of the molecule is COc1cc(N2C(=S)NC(c3ccccn3)C2c2cc(C)[nH]c2C)ccc1NS(C)(=O)=O. The third kappa shape index (κ3) is 4.28. The summed E-state index contributed by atoms with van der Waals surface area (Å²) >= 11 is 5.75. The molecular formula is C22H25N5O3S2. The second-order valence-corrected chi connectivity index (χ2v) is 9.92. The highest BCUT2D eigenvalue weighted by molar-refractivity contribution is 7.92. The van der Waals surface area contributed by atoms with E-state index >= 15 is 0 Å². The van der Waals surface area contributed by atoms with Crippen molar-refractivity contribution < 1.29 is 13.2 Å². The highest BCUT2D eigenvalue weighted by atomic mass is 32.2. The van der Waals surface area contributed by atoms with Crippen LogP contribution in [0.15, 0.2) is 48.7 Å². The molecule has 0 spiro atoms. The lowest BCUT2D eigenvalue weighted by molar-refractivity contribution is 0.417. The fourth-order valence-electron chi connectivity index (χ4n) is 4.12. The maximum atomic E-state index is 11.7. The number of ether oxygens (including phenoxy) is 1. The number of aromatic amines is 1. The van der Waals surface area contributed by atoms with Crippen molar-refractivity contribution in [3.05, 3.63) is 71.3 Å². The summed E-state index contributed by atoms with van der Waals surface area (Å²) in [4.78, 5) is 9.97. The molecule has 1 saturated heterocycles. The number of H-pyrrole nitrogens is 1. The van der Waals surface area contributed by atoms with Gasteiger partial charge in [0.25, 0.3) is 0 Å². The molecule has 8 nitrogen and oxygen atoms in total. The number of methoxy groups -OCH3 is 1. The van der Waals surface area contributed by atoms with Gasteiger partial charge in [0.05, 0.1) is 36.8 Å². The monoisotopic (exact) mass is 471 g/mol. The zero-order chi connectivity index (χ0) is 23.0. The van der Waals surface area contributed by atoms with Gasteiger partial charge in [0, 0.05) is 29.3 Å². The van der Waals surface area contributed by atoms with Gasteiger partial charge < -0.3 is 19.9 Å². The first-order valence-corrected chi connectivity index (χ1v) is 12.3. The van der Waals surface area contributed by atoms with Gasteiger partial charge in [-0.15, -0.1) is 0 Å². The number of aromatic nitrogens is 2. The topological polar surface area (TPSA) is 99.3 Å². The molecule has 1 fully saturated rings. The molecule has 2 atom stereocenters. The van der Waals surface area contributed by atoms with Gasteiger partial charge in [0.15, 0.2) is 5.11 Å². The molecule has 0 bridgehead atoms. The molecule has 0 saturated carbocycles. The standard InChI is InChI=1S/C22H25N5O3S2/c1-13-11-16(14(2)24-13)21-20(18-7-5-6-10-23-18)25-22(31)27(21)15-8-9-17(19(12-15)30-3)26-32(4,28)29/h5-12,20-21,24,26H,1-4H3,(H,25,31). The average molecular weight is 472 g/mol. The van der Waals surface area contributed by atoms with Crippen LogP contribution in [0.25, 0.3) is 0 Å². The number of rotatable bonds is 6. The summed E-state index contributed by atoms with van der Waals surface area (Å²) in [5.74, 6) is 0.401. The number of sulfonamides is 1. The largest absolute Gasteiger partial charge is 0.494 e. The quantitative estimate of drug-likeness (QED) is 0.473. The predicted molar refractivity (Wildman–Crippen MR) is 130 cm³/mol. The van der Waals surface area contributed by atoms with E-state index in [0.29, 0.717) is 16.5 Å². The average Bonchev–Trinajstić information content (AvgIpc) is 3.25. The van der Waals surface area contributed by atoms with E-state index < -0.39 is 10.0 Å². The Hall–Kier alpha value is -3.11. The van der Waals surface area contributed by atoms with Crippen molar-refractivity contribution in [2.75, 3.05) is 23.0 Å². The molecule has 168 valence electrons. The Labute approximate surface area is 193 Å². The number of nitrogens with zero attached hydrogens (tertiary/aromatic N) is 2. The number of hydrogen-bond acceptors (Lipinski definition) is 5. The third-order valence-corrected chi connectivity index (χ3v) is 6.27. The Kier molecular flexibility index (Phi) is 5.83. The number of aryl methyl sites for hydroxylation is 2. The van der Waals surface area contributed by atoms with E-state index in [0.717, 1.165) is 34.6 Å².